The van der Waals surface area contributed by atoms with E-state index in [0.717, 1.165) is 16.6 Å². The largest absolute Gasteiger partial charge is 0.441 e. The minimum absolute atomic E-state index is 0. The summed E-state index contributed by atoms with van der Waals surface area (Å²) in [6.07, 6.45) is 4.17. The molecule has 0 atom stereocenters. The molecule has 0 radical (unpaired) electrons. The van der Waals surface area contributed by atoms with Crippen LogP contribution in [0, 0.1) is 5.92 Å². The number of halogens is 1. The zero-order valence-corrected chi connectivity index (χ0v) is 17.8. The van der Waals surface area contributed by atoms with Crippen molar-refractivity contribution in [1.82, 2.24) is 4.98 Å². The van der Waals surface area contributed by atoms with Crippen LogP contribution in [0.15, 0.2) is 66.9 Å². The van der Waals surface area contributed by atoms with Crippen LogP contribution in [0.3, 0.4) is 0 Å². The lowest BCUT2D eigenvalue weighted by molar-refractivity contribution is -0.122. The molecule has 0 bridgehead atoms. The number of fused-ring (bicyclic) bond motifs is 1. The number of aromatic nitrogens is 1. The van der Waals surface area contributed by atoms with Crippen molar-refractivity contribution in [2.75, 3.05) is 16.8 Å². The smallest absolute Gasteiger partial charge is 0.415 e. The van der Waals surface area contributed by atoms with Crippen LogP contribution in [0.5, 0.6) is 0 Å². The van der Waals surface area contributed by atoms with E-state index in [-0.39, 0.29) is 30.3 Å². The van der Waals surface area contributed by atoms with Gasteiger partial charge in [0, 0.05) is 17.0 Å². The summed E-state index contributed by atoms with van der Waals surface area (Å²) in [6.45, 7) is 0.540. The van der Waals surface area contributed by atoms with Gasteiger partial charge in [0.2, 0.25) is 5.91 Å². The Labute approximate surface area is 187 Å². The molecular formula is C24H24ClN3O3. The van der Waals surface area contributed by atoms with Crippen molar-refractivity contribution in [3.63, 3.8) is 0 Å². The summed E-state index contributed by atoms with van der Waals surface area (Å²) >= 11 is 0. The lowest BCUT2D eigenvalue weighted by atomic mass is 9.78. The van der Waals surface area contributed by atoms with Gasteiger partial charge < -0.3 is 10.1 Å². The van der Waals surface area contributed by atoms with Crippen LogP contribution in [0.4, 0.5) is 16.2 Å². The fourth-order valence-corrected chi connectivity index (χ4v) is 4.48. The van der Waals surface area contributed by atoms with Crippen LogP contribution in [0.1, 0.15) is 25.7 Å². The number of benzene rings is 2. The van der Waals surface area contributed by atoms with Gasteiger partial charge in [0.1, 0.15) is 5.60 Å². The third kappa shape index (κ3) is 4.21. The van der Waals surface area contributed by atoms with Gasteiger partial charge in [0.05, 0.1) is 23.9 Å². The molecule has 1 saturated heterocycles. The average Bonchev–Trinajstić information content (AvgIpc) is 3.10. The van der Waals surface area contributed by atoms with E-state index in [1.807, 2.05) is 60.7 Å². The standard InChI is InChI=1S/C24H23N3O3.ClH/c28-22(26-19-14-18-6-4-5-9-21(18)25-15-19)17-10-12-24(13-11-17)16-27(23(29)30-24)20-7-2-1-3-8-20;/h1-9,14-15,17H,10-13,16H2,(H,26,28);1H. The van der Waals surface area contributed by atoms with E-state index >= 15 is 0 Å². The van der Waals surface area contributed by atoms with Crippen molar-refractivity contribution in [2.24, 2.45) is 5.92 Å². The molecule has 1 spiro atoms. The van der Waals surface area contributed by atoms with Crippen molar-refractivity contribution >= 4 is 46.7 Å². The molecular weight excluding hydrogens is 414 g/mol. The quantitative estimate of drug-likeness (QED) is 0.612. The molecule has 1 aliphatic carbocycles. The van der Waals surface area contributed by atoms with Crippen LogP contribution in [0.2, 0.25) is 0 Å². The zero-order valence-electron chi connectivity index (χ0n) is 17.0. The number of nitrogens with one attached hydrogen (secondary N) is 1. The Morgan fingerprint density at radius 3 is 2.55 bits per heavy atom. The number of nitrogens with zero attached hydrogens (tertiary/aromatic N) is 2. The van der Waals surface area contributed by atoms with Crippen LogP contribution in [0.25, 0.3) is 10.9 Å². The van der Waals surface area contributed by atoms with Crippen LogP contribution in [-0.4, -0.2) is 29.1 Å². The molecule has 2 aliphatic rings. The lowest BCUT2D eigenvalue weighted by Crippen LogP contribution is -2.41. The molecule has 1 N–H and O–H groups in total. The van der Waals surface area contributed by atoms with Crippen molar-refractivity contribution < 1.29 is 14.3 Å². The van der Waals surface area contributed by atoms with E-state index in [9.17, 15) is 9.59 Å². The molecule has 2 amide bonds. The van der Waals surface area contributed by atoms with E-state index < -0.39 is 5.60 Å². The normalized spacial score (nSPS) is 22.8. The van der Waals surface area contributed by atoms with Gasteiger partial charge in [-0.2, -0.15) is 0 Å². The molecule has 6 nitrogen and oxygen atoms in total. The van der Waals surface area contributed by atoms with Gasteiger partial charge in [-0.1, -0.05) is 36.4 Å². The highest BCUT2D eigenvalue weighted by atomic mass is 35.5. The van der Waals surface area contributed by atoms with E-state index in [0.29, 0.717) is 37.9 Å². The van der Waals surface area contributed by atoms with Crippen LogP contribution >= 0.6 is 12.4 Å². The maximum Gasteiger partial charge on any atom is 0.415 e. The Kier molecular flexibility index (Phi) is 5.83. The van der Waals surface area contributed by atoms with E-state index in [2.05, 4.69) is 10.3 Å². The summed E-state index contributed by atoms with van der Waals surface area (Å²) < 4.78 is 5.80. The number of carbonyl (C=O) groups is 2. The molecule has 0 unspecified atom stereocenters. The number of hydrogen-bond donors (Lipinski definition) is 1. The lowest BCUT2D eigenvalue weighted by Gasteiger charge is -2.34. The second-order valence-corrected chi connectivity index (χ2v) is 8.15. The zero-order chi connectivity index (χ0) is 20.6. The van der Waals surface area contributed by atoms with Crippen molar-refractivity contribution in [3.05, 3.63) is 66.9 Å². The molecule has 3 aromatic rings. The van der Waals surface area contributed by atoms with Crippen LogP contribution in [-0.2, 0) is 9.53 Å². The first-order chi connectivity index (χ1) is 14.6. The molecule has 160 valence electrons. The predicted octanol–water partition coefficient (Wildman–Crippen LogP) is 5.18. The minimum Gasteiger partial charge on any atom is -0.441 e. The molecule has 2 heterocycles. The molecule has 31 heavy (non-hydrogen) atoms. The van der Waals surface area contributed by atoms with Crippen molar-refractivity contribution in [2.45, 2.75) is 31.3 Å². The number of rotatable bonds is 3. The number of carbonyl (C=O) groups excluding carboxylic acids is 2. The number of para-hydroxylation sites is 2. The maximum atomic E-state index is 12.8. The number of amides is 2. The van der Waals surface area contributed by atoms with Crippen molar-refractivity contribution in [3.8, 4) is 0 Å². The summed E-state index contributed by atoms with van der Waals surface area (Å²) in [5.41, 5.74) is 1.97. The molecule has 2 fully saturated rings. The summed E-state index contributed by atoms with van der Waals surface area (Å²) in [5, 5.41) is 4.00. The van der Waals surface area contributed by atoms with Gasteiger partial charge in [0.25, 0.3) is 0 Å². The SMILES string of the molecule is Cl.O=C(Nc1cnc2ccccc2c1)C1CCC2(CC1)CN(c1ccccc1)C(=O)O2. The van der Waals surface area contributed by atoms with Crippen LogP contribution < -0.4 is 10.2 Å². The highest BCUT2D eigenvalue weighted by molar-refractivity contribution is 5.95. The van der Waals surface area contributed by atoms with Crippen molar-refractivity contribution in [1.29, 1.82) is 0 Å². The third-order valence-electron chi connectivity index (χ3n) is 6.16. The number of pyridine rings is 1. The third-order valence-corrected chi connectivity index (χ3v) is 6.16. The summed E-state index contributed by atoms with van der Waals surface area (Å²) in [4.78, 5) is 31.3. The first kappa shape index (κ1) is 21.1. The van der Waals surface area contributed by atoms with E-state index in [4.69, 9.17) is 4.74 Å². The molecule has 5 rings (SSSR count). The molecule has 7 heteroatoms. The molecule has 1 aliphatic heterocycles. The van der Waals surface area contributed by atoms with E-state index in [1.165, 1.54) is 0 Å². The predicted molar refractivity (Wildman–Crippen MR) is 123 cm³/mol. The number of anilines is 2. The summed E-state index contributed by atoms with van der Waals surface area (Å²) in [5.74, 6) is -0.0854. The molecule has 1 aromatic heterocycles. The molecule has 2 aromatic carbocycles. The Bertz CT molecular complexity index is 1100. The Morgan fingerprint density at radius 1 is 1.06 bits per heavy atom. The Morgan fingerprint density at radius 2 is 1.77 bits per heavy atom. The van der Waals surface area contributed by atoms with Gasteiger partial charge in [-0.3, -0.25) is 14.7 Å². The maximum absolute atomic E-state index is 12.8. The Hall–Kier alpha value is -3.12. The highest BCUT2D eigenvalue weighted by Crippen LogP contribution is 2.41. The first-order valence-electron chi connectivity index (χ1n) is 10.3. The number of hydrogen-bond acceptors (Lipinski definition) is 4. The number of ether oxygens (including phenoxy) is 1. The van der Waals surface area contributed by atoms with Gasteiger partial charge >= 0.3 is 6.09 Å². The second-order valence-electron chi connectivity index (χ2n) is 8.15. The van der Waals surface area contributed by atoms with Gasteiger partial charge in [-0.15, -0.1) is 12.4 Å². The fourth-order valence-electron chi connectivity index (χ4n) is 4.48. The summed E-state index contributed by atoms with van der Waals surface area (Å²) in [6, 6.07) is 19.4. The topological polar surface area (TPSA) is 71.5 Å². The minimum atomic E-state index is -0.492. The second kappa shape index (κ2) is 8.55. The fraction of sp³-hybridized carbons (Fsp3) is 0.292. The van der Waals surface area contributed by atoms with Gasteiger partial charge in [-0.05, 0) is 49.9 Å². The average molecular weight is 438 g/mol. The Balaban J connectivity index is 0.00000231. The first-order valence-corrected chi connectivity index (χ1v) is 10.3. The van der Waals surface area contributed by atoms with Gasteiger partial charge in [0.15, 0.2) is 0 Å². The highest BCUT2D eigenvalue weighted by Gasteiger charge is 2.48. The molecule has 1 saturated carbocycles. The summed E-state index contributed by atoms with van der Waals surface area (Å²) in [7, 11) is 0. The monoisotopic (exact) mass is 437 g/mol. The van der Waals surface area contributed by atoms with Gasteiger partial charge in [-0.25, -0.2) is 4.79 Å². The van der Waals surface area contributed by atoms with E-state index in [1.54, 1.807) is 11.1 Å².